The summed E-state index contributed by atoms with van der Waals surface area (Å²) in [6.45, 7) is 5.39. The zero-order chi connectivity index (χ0) is 22.8. The van der Waals surface area contributed by atoms with Crippen LogP contribution in [0, 0.1) is 0 Å². The van der Waals surface area contributed by atoms with Crippen LogP contribution < -0.4 is 0 Å². The van der Waals surface area contributed by atoms with E-state index in [-0.39, 0.29) is 39.0 Å². The lowest BCUT2D eigenvalue weighted by Crippen LogP contribution is -2.19. The molecule has 2 atom stereocenters. The molecule has 0 aromatic carbocycles. The van der Waals surface area contributed by atoms with Crippen LogP contribution in [0.3, 0.4) is 0 Å². The predicted octanol–water partition coefficient (Wildman–Crippen LogP) is 6.29. The second-order valence-corrected chi connectivity index (χ2v) is 8.13. The van der Waals surface area contributed by atoms with Gasteiger partial charge in [-0.15, -0.1) is 0 Å². The van der Waals surface area contributed by atoms with E-state index < -0.39 is 0 Å². The second kappa shape index (κ2) is 25.5. The van der Waals surface area contributed by atoms with Crippen LogP contribution in [-0.2, 0) is 14.2 Å². The molecule has 0 aliphatic rings. The van der Waals surface area contributed by atoms with Gasteiger partial charge >= 0.3 is 0 Å². The monoisotopic (exact) mass is 442 g/mol. The van der Waals surface area contributed by atoms with E-state index in [1.165, 1.54) is 38.5 Å². The van der Waals surface area contributed by atoms with Gasteiger partial charge in [0.1, 0.15) is 13.6 Å². The number of allylic oxidation sites excluding steroid dienone is 2. The maximum Gasteiger partial charge on any atom is 0.149 e. The molecule has 0 spiro atoms. The Bertz CT molecular complexity index is 361. The lowest BCUT2D eigenvalue weighted by atomic mass is 10.1. The fourth-order valence-corrected chi connectivity index (χ4v) is 3.37. The molecule has 2 unspecified atom stereocenters. The first-order valence-electron chi connectivity index (χ1n) is 12.6. The Hall–Kier alpha value is -0.720. The molecular weight excluding hydrogens is 392 g/mol. The Morgan fingerprint density at radius 3 is 1.39 bits per heavy atom. The molecule has 0 radical (unpaired) electrons. The molecule has 0 rings (SSSR count). The van der Waals surface area contributed by atoms with Gasteiger partial charge in [-0.3, -0.25) is 0 Å². The first-order chi connectivity index (χ1) is 15.3. The number of ether oxygens (including phenoxy) is 3. The molecule has 0 saturated carbocycles. The number of hydrogen-bond acceptors (Lipinski definition) is 5. The molecular formula is C26H50O5. The molecule has 0 amide bonds. The molecule has 0 aromatic rings. The van der Waals surface area contributed by atoms with Gasteiger partial charge in [0.05, 0.1) is 12.2 Å². The Kier molecular flexibility index (Phi) is 24.9. The van der Waals surface area contributed by atoms with Crippen molar-refractivity contribution in [3.8, 4) is 0 Å². The Labute approximate surface area is 191 Å². The minimum atomic E-state index is 0.207. The number of rotatable bonds is 24. The van der Waals surface area contributed by atoms with Gasteiger partial charge in [-0.05, 0) is 51.4 Å². The van der Waals surface area contributed by atoms with Crippen molar-refractivity contribution in [1.29, 1.82) is 0 Å². The Morgan fingerprint density at radius 2 is 1.00 bits per heavy atom. The topological polar surface area (TPSA) is 68.2 Å². The summed E-state index contributed by atoms with van der Waals surface area (Å²) in [5.41, 5.74) is 0. The van der Waals surface area contributed by atoms with E-state index in [9.17, 15) is 0 Å². The van der Waals surface area contributed by atoms with Crippen molar-refractivity contribution in [2.75, 3.05) is 26.8 Å². The van der Waals surface area contributed by atoms with Crippen molar-refractivity contribution in [1.82, 2.24) is 0 Å². The van der Waals surface area contributed by atoms with Crippen LogP contribution in [0.5, 0.6) is 0 Å². The molecule has 0 fully saturated rings. The number of hydrogen-bond donors (Lipinski definition) is 2. The fraction of sp³-hybridized carbons (Fsp3) is 0.846. The van der Waals surface area contributed by atoms with E-state index in [1.54, 1.807) is 0 Å². The van der Waals surface area contributed by atoms with Crippen LogP contribution in [0.4, 0.5) is 0 Å². The van der Waals surface area contributed by atoms with Crippen molar-refractivity contribution in [3.05, 3.63) is 24.3 Å². The van der Waals surface area contributed by atoms with E-state index >= 15 is 0 Å². The summed E-state index contributed by atoms with van der Waals surface area (Å²) >= 11 is 0. The third-order valence-corrected chi connectivity index (χ3v) is 5.27. The molecule has 0 aliphatic heterocycles. The average molecular weight is 443 g/mol. The molecule has 0 heterocycles. The van der Waals surface area contributed by atoms with Gasteiger partial charge in [0.2, 0.25) is 0 Å². The van der Waals surface area contributed by atoms with Crippen molar-refractivity contribution < 1.29 is 24.4 Å². The van der Waals surface area contributed by atoms with Crippen LogP contribution >= 0.6 is 0 Å². The zero-order valence-electron chi connectivity index (χ0n) is 20.3. The maximum atomic E-state index is 8.85. The van der Waals surface area contributed by atoms with Gasteiger partial charge in [0.25, 0.3) is 0 Å². The third kappa shape index (κ3) is 22.3. The smallest absolute Gasteiger partial charge is 0.149 e. The van der Waals surface area contributed by atoms with E-state index in [0.29, 0.717) is 0 Å². The summed E-state index contributed by atoms with van der Waals surface area (Å²) in [6, 6.07) is 0. The standard InChI is InChI=1S/C26H50O5/c1-3-5-11-17-25(19-13-7-9-15-21-27)30-23-29-24-31-26(18-12-6-4-2)20-14-8-10-16-22-28/h7-10,25-28H,3-6,11-24H2,1-2H3/b9-7+,10-8+. The highest BCUT2D eigenvalue weighted by Gasteiger charge is 2.10. The lowest BCUT2D eigenvalue weighted by Gasteiger charge is -2.19. The lowest BCUT2D eigenvalue weighted by molar-refractivity contribution is -0.167. The maximum absolute atomic E-state index is 8.85. The fourth-order valence-electron chi connectivity index (χ4n) is 3.37. The van der Waals surface area contributed by atoms with Crippen molar-refractivity contribution >= 4 is 0 Å². The summed E-state index contributed by atoms with van der Waals surface area (Å²) < 4.78 is 17.6. The van der Waals surface area contributed by atoms with Crippen LogP contribution in [0.15, 0.2) is 24.3 Å². The van der Waals surface area contributed by atoms with Gasteiger partial charge in [-0.2, -0.15) is 0 Å². The first kappa shape index (κ1) is 30.3. The Balaban J connectivity index is 4.17. The molecule has 5 nitrogen and oxygen atoms in total. The summed E-state index contributed by atoms with van der Waals surface area (Å²) in [6.07, 6.45) is 23.5. The van der Waals surface area contributed by atoms with Crippen LogP contribution in [0.2, 0.25) is 0 Å². The largest absolute Gasteiger partial charge is 0.396 e. The van der Waals surface area contributed by atoms with E-state index in [4.69, 9.17) is 24.4 Å². The molecule has 5 heteroatoms. The van der Waals surface area contributed by atoms with Crippen LogP contribution in [-0.4, -0.2) is 49.2 Å². The summed E-state index contributed by atoms with van der Waals surface area (Å²) in [5.74, 6) is 0. The predicted molar refractivity (Wildman–Crippen MR) is 129 cm³/mol. The summed E-state index contributed by atoms with van der Waals surface area (Å²) in [7, 11) is 0. The quantitative estimate of drug-likeness (QED) is 0.104. The summed E-state index contributed by atoms with van der Waals surface area (Å²) in [4.78, 5) is 0. The number of aliphatic hydroxyl groups is 2. The van der Waals surface area contributed by atoms with Gasteiger partial charge in [-0.25, -0.2) is 0 Å². The normalized spacial score (nSPS) is 14.1. The second-order valence-electron chi connectivity index (χ2n) is 8.13. The molecule has 0 aliphatic carbocycles. The number of unbranched alkanes of at least 4 members (excludes halogenated alkanes) is 4. The zero-order valence-corrected chi connectivity index (χ0v) is 20.3. The highest BCUT2D eigenvalue weighted by atomic mass is 16.7. The minimum Gasteiger partial charge on any atom is -0.396 e. The first-order valence-corrected chi connectivity index (χ1v) is 12.6. The summed E-state index contributed by atoms with van der Waals surface area (Å²) in [5, 5.41) is 17.7. The van der Waals surface area contributed by atoms with Gasteiger partial charge in [0.15, 0.2) is 0 Å². The van der Waals surface area contributed by atoms with Crippen LogP contribution in [0.25, 0.3) is 0 Å². The SMILES string of the molecule is CCCCCC(CC/C=C/CCO)OCOCOC(CC/C=C/CCO)CCCCC. The average Bonchev–Trinajstić information content (AvgIpc) is 2.77. The van der Waals surface area contributed by atoms with E-state index in [2.05, 4.69) is 26.0 Å². The number of aliphatic hydroxyl groups excluding tert-OH is 2. The molecule has 31 heavy (non-hydrogen) atoms. The Morgan fingerprint density at radius 1 is 0.581 bits per heavy atom. The molecule has 2 N–H and O–H groups in total. The highest BCUT2D eigenvalue weighted by molar-refractivity contribution is 4.83. The van der Waals surface area contributed by atoms with Gasteiger partial charge in [0, 0.05) is 13.2 Å². The molecule has 0 saturated heterocycles. The minimum absolute atomic E-state index is 0.207. The van der Waals surface area contributed by atoms with E-state index in [1.807, 2.05) is 12.2 Å². The van der Waals surface area contributed by atoms with Crippen LogP contribution in [0.1, 0.15) is 104 Å². The molecule has 184 valence electrons. The van der Waals surface area contributed by atoms with Gasteiger partial charge < -0.3 is 24.4 Å². The van der Waals surface area contributed by atoms with Crippen molar-refractivity contribution in [2.45, 2.75) is 116 Å². The van der Waals surface area contributed by atoms with Crippen molar-refractivity contribution in [2.24, 2.45) is 0 Å². The van der Waals surface area contributed by atoms with E-state index in [0.717, 1.165) is 51.4 Å². The molecule has 0 aromatic heterocycles. The third-order valence-electron chi connectivity index (χ3n) is 5.27. The highest BCUT2D eigenvalue weighted by Crippen LogP contribution is 2.15. The van der Waals surface area contributed by atoms with Crippen molar-refractivity contribution in [3.63, 3.8) is 0 Å². The molecule has 0 bridgehead atoms. The van der Waals surface area contributed by atoms with Gasteiger partial charge in [-0.1, -0.05) is 76.7 Å².